The van der Waals surface area contributed by atoms with E-state index in [0.717, 1.165) is 48.4 Å². The predicted octanol–water partition coefficient (Wildman–Crippen LogP) is 4.01. The number of para-hydroxylation sites is 2. The zero-order valence-corrected chi connectivity index (χ0v) is 13.3. The molecule has 1 aromatic carbocycles. The smallest absolute Gasteiger partial charge is 0.227 e. The Morgan fingerprint density at radius 2 is 1.91 bits per heavy atom. The molecule has 2 aromatic rings. The van der Waals surface area contributed by atoms with Gasteiger partial charge in [-0.3, -0.25) is 4.79 Å². The number of carbonyl (C=O) groups excluding carboxylic acids is 1. The largest absolute Gasteiger partial charge is 0.324 e. The number of nitrogens with zero attached hydrogens (tertiary/aromatic N) is 2. The van der Waals surface area contributed by atoms with Gasteiger partial charge < -0.3 is 5.32 Å². The summed E-state index contributed by atoms with van der Waals surface area (Å²) in [5, 5.41) is 7.64. The number of benzene rings is 1. The third kappa shape index (κ3) is 3.06. The molecule has 116 valence electrons. The first kappa shape index (κ1) is 14.8. The summed E-state index contributed by atoms with van der Waals surface area (Å²) in [5.74, 6) is 0.302. The maximum Gasteiger partial charge on any atom is 0.227 e. The van der Waals surface area contributed by atoms with Crippen LogP contribution >= 0.6 is 0 Å². The lowest BCUT2D eigenvalue weighted by Crippen LogP contribution is -2.25. The van der Waals surface area contributed by atoms with E-state index < -0.39 is 0 Å². The van der Waals surface area contributed by atoms with E-state index in [1.807, 2.05) is 48.9 Å². The van der Waals surface area contributed by atoms with Crippen molar-refractivity contribution in [3.8, 4) is 5.69 Å². The van der Waals surface area contributed by atoms with Gasteiger partial charge in [0, 0.05) is 11.6 Å². The molecule has 1 saturated carbocycles. The number of hydrogen-bond donors (Lipinski definition) is 1. The molecule has 0 unspecified atom stereocenters. The van der Waals surface area contributed by atoms with Gasteiger partial charge in [0.25, 0.3) is 0 Å². The molecular formula is C18H23N3O. The minimum absolute atomic E-state index is 0.147. The maximum atomic E-state index is 12.5. The fraction of sp³-hybridized carbons (Fsp3) is 0.444. The second-order valence-corrected chi connectivity index (χ2v) is 6.18. The Kier molecular flexibility index (Phi) is 4.27. The number of amides is 1. The van der Waals surface area contributed by atoms with Crippen LogP contribution in [0.4, 0.5) is 5.69 Å². The first-order valence-electron chi connectivity index (χ1n) is 8.08. The Morgan fingerprint density at radius 3 is 2.59 bits per heavy atom. The summed E-state index contributed by atoms with van der Waals surface area (Å²) in [6.45, 7) is 4.01. The van der Waals surface area contributed by atoms with E-state index >= 15 is 0 Å². The Balaban J connectivity index is 1.85. The van der Waals surface area contributed by atoms with Crippen molar-refractivity contribution in [2.45, 2.75) is 46.0 Å². The summed E-state index contributed by atoms with van der Waals surface area (Å²) < 4.78 is 1.89. The van der Waals surface area contributed by atoms with Crippen LogP contribution < -0.4 is 5.32 Å². The van der Waals surface area contributed by atoms with Gasteiger partial charge in [0.1, 0.15) is 0 Å². The molecule has 0 radical (unpaired) electrons. The number of aromatic nitrogens is 2. The third-order valence-electron chi connectivity index (χ3n) is 4.38. The van der Waals surface area contributed by atoms with E-state index in [1.54, 1.807) is 0 Å². The molecule has 0 bridgehead atoms. The van der Waals surface area contributed by atoms with Crippen molar-refractivity contribution in [3.63, 3.8) is 0 Å². The summed E-state index contributed by atoms with van der Waals surface area (Å²) >= 11 is 0. The van der Waals surface area contributed by atoms with E-state index in [4.69, 9.17) is 0 Å². The summed E-state index contributed by atoms with van der Waals surface area (Å²) in [6.07, 6.45) is 5.60. The van der Waals surface area contributed by atoms with Gasteiger partial charge in [0.2, 0.25) is 5.91 Å². The summed E-state index contributed by atoms with van der Waals surface area (Å²) in [4.78, 5) is 12.5. The van der Waals surface area contributed by atoms with Crippen LogP contribution in [0.25, 0.3) is 5.69 Å². The number of aryl methyl sites for hydroxylation is 2. The first-order valence-corrected chi connectivity index (χ1v) is 8.08. The van der Waals surface area contributed by atoms with E-state index in [-0.39, 0.29) is 11.8 Å². The van der Waals surface area contributed by atoms with Crippen LogP contribution in [0.15, 0.2) is 30.3 Å². The van der Waals surface area contributed by atoms with Gasteiger partial charge in [-0.05, 0) is 44.9 Å². The quantitative estimate of drug-likeness (QED) is 0.930. The number of carbonyl (C=O) groups is 1. The Labute approximate surface area is 131 Å². The van der Waals surface area contributed by atoms with Crippen LogP contribution in [0.5, 0.6) is 0 Å². The van der Waals surface area contributed by atoms with E-state index in [1.165, 1.54) is 6.42 Å². The molecule has 1 aliphatic rings. The average molecular weight is 297 g/mol. The minimum Gasteiger partial charge on any atom is -0.324 e. The monoisotopic (exact) mass is 297 g/mol. The second-order valence-electron chi connectivity index (χ2n) is 6.18. The zero-order chi connectivity index (χ0) is 15.5. The molecule has 0 spiro atoms. The Bertz CT molecular complexity index is 669. The number of hydrogen-bond acceptors (Lipinski definition) is 2. The second kappa shape index (κ2) is 6.34. The number of nitrogens with one attached hydrogen (secondary N) is 1. The molecule has 1 aliphatic carbocycles. The van der Waals surface area contributed by atoms with Crippen molar-refractivity contribution in [3.05, 3.63) is 41.7 Å². The van der Waals surface area contributed by atoms with Gasteiger partial charge in [0.05, 0.1) is 17.1 Å². The maximum absolute atomic E-state index is 12.5. The van der Waals surface area contributed by atoms with Crippen molar-refractivity contribution >= 4 is 11.6 Å². The predicted molar refractivity (Wildman–Crippen MR) is 88.2 cm³/mol. The SMILES string of the molecule is Cc1cc(C)n(-c2ccccc2NC(=O)C2CCCCC2)n1. The molecule has 0 saturated heterocycles. The van der Waals surface area contributed by atoms with Gasteiger partial charge in [-0.25, -0.2) is 4.68 Å². The highest BCUT2D eigenvalue weighted by molar-refractivity contribution is 5.94. The van der Waals surface area contributed by atoms with Crippen LogP contribution in [0, 0.1) is 19.8 Å². The van der Waals surface area contributed by atoms with Crippen molar-refractivity contribution < 1.29 is 4.79 Å². The van der Waals surface area contributed by atoms with Crippen molar-refractivity contribution in [1.82, 2.24) is 9.78 Å². The lowest BCUT2D eigenvalue weighted by Gasteiger charge is -2.21. The van der Waals surface area contributed by atoms with E-state index in [2.05, 4.69) is 10.4 Å². The molecule has 1 heterocycles. The lowest BCUT2D eigenvalue weighted by atomic mass is 9.88. The fourth-order valence-electron chi connectivity index (χ4n) is 3.24. The minimum atomic E-state index is 0.147. The summed E-state index contributed by atoms with van der Waals surface area (Å²) in [7, 11) is 0. The van der Waals surface area contributed by atoms with Crippen LogP contribution in [0.1, 0.15) is 43.5 Å². The van der Waals surface area contributed by atoms with Crippen molar-refractivity contribution in [1.29, 1.82) is 0 Å². The molecular weight excluding hydrogens is 274 g/mol. The normalized spacial score (nSPS) is 15.7. The molecule has 1 amide bonds. The standard InChI is InChI=1S/C18H23N3O/c1-13-12-14(2)21(20-13)17-11-7-6-10-16(17)19-18(22)15-8-4-3-5-9-15/h6-7,10-12,15H,3-5,8-9H2,1-2H3,(H,19,22). The summed E-state index contributed by atoms with van der Waals surface area (Å²) in [6, 6.07) is 9.91. The molecule has 0 atom stereocenters. The molecule has 4 nitrogen and oxygen atoms in total. The van der Waals surface area contributed by atoms with Gasteiger partial charge in [0.15, 0.2) is 0 Å². The lowest BCUT2D eigenvalue weighted by molar-refractivity contribution is -0.120. The highest BCUT2D eigenvalue weighted by atomic mass is 16.1. The van der Waals surface area contributed by atoms with Gasteiger partial charge in [-0.1, -0.05) is 31.4 Å². The third-order valence-corrected chi connectivity index (χ3v) is 4.38. The average Bonchev–Trinajstić information content (AvgIpc) is 2.87. The highest BCUT2D eigenvalue weighted by Gasteiger charge is 2.22. The topological polar surface area (TPSA) is 46.9 Å². The van der Waals surface area contributed by atoms with E-state index in [9.17, 15) is 4.79 Å². The number of anilines is 1. The Morgan fingerprint density at radius 1 is 1.18 bits per heavy atom. The highest BCUT2D eigenvalue weighted by Crippen LogP contribution is 2.27. The van der Waals surface area contributed by atoms with Gasteiger partial charge >= 0.3 is 0 Å². The van der Waals surface area contributed by atoms with Crippen LogP contribution in [-0.2, 0) is 4.79 Å². The zero-order valence-electron chi connectivity index (χ0n) is 13.3. The van der Waals surface area contributed by atoms with Crippen molar-refractivity contribution in [2.75, 3.05) is 5.32 Å². The van der Waals surface area contributed by atoms with Crippen LogP contribution in [-0.4, -0.2) is 15.7 Å². The fourth-order valence-corrected chi connectivity index (χ4v) is 3.24. The van der Waals surface area contributed by atoms with Gasteiger partial charge in [-0.2, -0.15) is 5.10 Å². The van der Waals surface area contributed by atoms with Gasteiger partial charge in [-0.15, -0.1) is 0 Å². The molecule has 1 fully saturated rings. The molecule has 3 rings (SSSR count). The van der Waals surface area contributed by atoms with E-state index in [0.29, 0.717) is 0 Å². The number of rotatable bonds is 3. The molecule has 22 heavy (non-hydrogen) atoms. The molecule has 0 aliphatic heterocycles. The Hall–Kier alpha value is -2.10. The molecule has 1 aromatic heterocycles. The van der Waals surface area contributed by atoms with Crippen LogP contribution in [0.3, 0.4) is 0 Å². The summed E-state index contributed by atoms with van der Waals surface area (Å²) in [5.41, 5.74) is 3.81. The molecule has 4 heteroatoms. The molecule has 1 N–H and O–H groups in total. The van der Waals surface area contributed by atoms with Crippen molar-refractivity contribution in [2.24, 2.45) is 5.92 Å². The van der Waals surface area contributed by atoms with Crippen LogP contribution in [0.2, 0.25) is 0 Å². The first-order chi connectivity index (χ1) is 10.6.